The highest BCUT2D eigenvalue weighted by Crippen LogP contribution is 2.33. The predicted molar refractivity (Wildman–Crippen MR) is 90.9 cm³/mol. The Labute approximate surface area is 145 Å². The minimum absolute atomic E-state index is 0.0279. The Morgan fingerprint density at radius 2 is 1.60 bits per heavy atom. The van der Waals surface area contributed by atoms with Gasteiger partial charge in [-0.05, 0) is 31.2 Å². The van der Waals surface area contributed by atoms with Gasteiger partial charge in [-0.3, -0.25) is 0 Å². The van der Waals surface area contributed by atoms with E-state index in [9.17, 15) is 21.6 Å². The van der Waals surface area contributed by atoms with E-state index in [1.54, 1.807) is 14.0 Å². The lowest BCUT2D eigenvalue weighted by molar-refractivity contribution is -0.139. The van der Waals surface area contributed by atoms with Gasteiger partial charge in [-0.15, -0.1) is 0 Å². The SMILES string of the molecule is CC(CNS(=O)(=O)c1ccccc1C(F)(F)F)N(C)c1ccccc1. The quantitative estimate of drug-likeness (QED) is 0.844. The Morgan fingerprint density at radius 3 is 2.20 bits per heavy atom. The van der Waals surface area contributed by atoms with Crippen molar-refractivity contribution in [1.82, 2.24) is 4.72 Å². The van der Waals surface area contributed by atoms with Crippen molar-refractivity contribution >= 4 is 15.7 Å². The normalized spacial score (nSPS) is 13.5. The van der Waals surface area contributed by atoms with Crippen molar-refractivity contribution in [3.8, 4) is 0 Å². The van der Waals surface area contributed by atoms with Gasteiger partial charge in [0.2, 0.25) is 10.0 Å². The lowest BCUT2D eigenvalue weighted by atomic mass is 10.2. The molecule has 136 valence electrons. The number of nitrogens with zero attached hydrogens (tertiary/aromatic N) is 1. The summed E-state index contributed by atoms with van der Waals surface area (Å²) in [5, 5.41) is 0. The third-order valence-electron chi connectivity index (χ3n) is 3.88. The number of anilines is 1. The first kappa shape index (κ1) is 19.3. The van der Waals surface area contributed by atoms with Crippen LogP contribution in [0.4, 0.5) is 18.9 Å². The van der Waals surface area contributed by atoms with Crippen molar-refractivity contribution in [3.05, 3.63) is 60.2 Å². The molecule has 0 saturated carbocycles. The number of hydrogen-bond acceptors (Lipinski definition) is 3. The van der Waals surface area contributed by atoms with Gasteiger partial charge in [0.1, 0.15) is 0 Å². The van der Waals surface area contributed by atoms with Crippen LogP contribution < -0.4 is 9.62 Å². The van der Waals surface area contributed by atoms with Crippen LogP contribution in [0.2, 0.25) is 0 Å². The molecule has 1 atom stereocenters. The second-order valence-electron chi connectivity index (χ2n) is 5.64. The maximum atomic E-state index is 13.0. The van der Waals surface area contributed by atoms with Crippen molar-refractivity contribution in [1.29, 1.82) is 0 Å². The molecular weight excluding hydrogens is 353 g/mol. The number of likely N-dealkylation sites (N-methyl/N-ethyl adjacent to an activating group) is 1. The van der Waals surface area contributed by atoms with Crippen LogP contribution in [0.25, 0.3) is 0 Å². The van der Waals surface area contributed by atoms with E-state index in [0.29, 0.717) is 0 Å². The molecule has 0 amide bonds. The Hall–Kier alpha value is -2.06. The third-order valence-corrected chi connectivity index (χ3v) is 5.36. The fourth-order valence-corrected chi connectivity index (χ4v) is 3.64. The van der Waals surface area contributed by atoms with E-state index in [-0.39, 0.29) is 12.6 Å². The smallest absolute Gasteiger partial charge is 0.371 e. The summed E-state index contributed by atoms with van der Waals surface area (Å²) in [6.07, 6.45) is -4.74. The molecular formula is C17H19F3N2O2S. The standard InChI is InChI=1S/C17H19F3N2O2S/c1-13(22(2)14-8-4-3-5-9-14)12-21-25(23,24)16-11-7-6-10-15(16)17(18,19)20/h3-11,13,21H,12H2,1-2H3. The zero-order valence-electron chi connectivity index (χ0n) is 13.8. The summed E-state index contributed by atoms with van der Waals surface area (Å²) >= 11 is 0. The van der Waals surface area contributed by atoms with Gasteiger partial charge >= 0.3 is 6.18 Å². The van der Waals surface area contributed by atoms with E-state index < -0.39 is 26.7 Å². The molecule has 2 rings (SSSR count). The van der Waals surface area contributed by atoms with Crippen LogP contribution in [-0.4, -0.2) is 28.1 Å². The average molecular weight is 372 g/mol. The molecule has 4 nitrogen and oxygen atoms in total. The number of sulfonamides is 1. The topological polar surface area (TPSA) is 49.4 Å². The summed E-state index contributed by atoms with van der Waals surface area (Å²) in [6.45, 7) is 1.76. The fraction of sp³-hybridized carbons (Fsp3) is 0.294. The third kappa shape index (κ3) is 4.73. The van der Waals surface area contributed by atoms with E-state index in [1.807, 2.05) is 35.2 Å². The van der Waals surface area contributed by atoms with Gasteiger partial charge in [0.15, 0.2) is 0 Å². The Kier molecular flexibility index (Phi) is 5.74. The highest BCUT2D eigenvalue weighted by molar-refractivity contribution is 7.89. The highest BCUT2D eigenvalue weighted by Gasteiger charge is 2.36. The van der Waals surface area contributed by atoms with Crippen LogP contribution in [0, 0.1) is 0 Å². The van der Waals surface area contributed by atoms with Crippen LogP contribution in [0.1, 0.15) is 12.5 Å². The first-order chi connectivity index (χ1) is 11.6. The molecule has 0 spiro atoms. The predicted octanol–water partition coefficient (Wildman–Crippen LogP) is 3.51. The van der Waals surface area contributed by atoms with Crippen LogP contribution >= 0.6 is 0 Å². The second kappa shape index (κ2) is 7.45. The van der Waals surface area contributed by atoms with E-state index in [2.05, 4.69) is 4.72 Å². The van der Waals surface area contributed by atoms with E-state index in [0.717, 1.165) is 23.9 Å². The number of rotatable bonds is 6. The summed E-state index contributed by atoms with van der Waals surface area (Å²) in [7, 11) is -2.49. The Morgan fingerprint density at radius 1 is 1.04 bits per heavy atom. The van der Waals surface area contributed by atoms with Crippen LogP contribution in [0.5, 0.6) is 0 Å². The molecule has 0 bridgehead atoms. The Bertz CT molecular complexity index is 808. The van der Waals surface area contributed by atoms with Gasteiger partial charge in [0.25, 0.3) is 0 Å². The average Bonchev–Trinajstić information content (AvgIpc) is 2.59. The molecule has 1 unspecified atom stereocenters. The molecule has 8 heteroatoms. The molecule has 0 aliphatic carbocycles. The molecule has 0 aliphatic heterocycles. The van der Waals surface area contributed by atoms with Gasteiger partial charge in [-0.1, -0.05) is 30.3 Å². The number of nitrogens with one attached hydrogen (secondary N) is 1. The zero-order chi connectivity index (χ0) is 18.7. The molecule has 0 saturated heterocycles. The van der Waals surface area contributed by atoms with Crippen LogP contribution in [-0.2, 0) is 16.2 Å². The molecule has 0 fully saturated rings. The van der Waals surface area contributed by atoms with Crippen molar-refractivity contribution < 1.29 is 21.6 Å². The van der Waals surface area contributed by atoms with Crippen molar-refractivity contribution in [2.45, 2.75) is 24.0 Å². The van der Waals surface area contributed by atoms with Gasteiger partial charge in [-0.2, -0.15) is 13.2 Å². The van der Waals surface area contributed by atoms with Gasteiger partial charge in [-0.25, -0.2) is 13.1 Å². The number of alkyl halides is 3. The van der Waals surface area contributed by atoms with E-state index >= 15 is 0 Å². The molecule has 0 aliphatic rings. The Balaban J connectivity index is 2.15. The fourth-order valence-electron chi connectivity index (χ4n) is 2.30. The van der Waals surface area contributed by atoms with Crippen molar-refractivity contribution in [3.63, 3.8) is 0 Å². The first-order valence-corrected chi connectivity index (χ1v) is 9.05. The summed E-state index contributed by atoms with van der Waals surface area (Å²) < 4.78 is 66.0. The van der Waals surface area contributed by atoms with Crippen molar-refractivity contribution in [2.75, 3.05) is 18.5 Å². The molecule has 1 N–H and O–H groups in total. The van der Waals surface area contributed by atoms with Crippen molar-refractivity contribution in [2.24, 2.45) is 0 Å². The molecule has 2 aromatic rings. The van der Waals surface area contributed by atoms with Gasteiger partial charge in [0.05, 0.1) is 10.5 Å². The number of halogens is 3. The number of hydrogen-bond donors (Lipinski definition) is 1. The van der Waals surface area contributed by atoms with E-state index in [1.165, 1.54) is 6.07 Å². The monoisotopic (exact) mass is 372 g/mol. The maximum absolute atomic E-state index is 13.0. The molecule has 0 radical (unpaired) electrons. The maximum Gasteiger partial charge on any atom is 0.417 e. The first-order valence-electron chi connectivity index (χ1n) is 7.56. The molecule has 0 aromatic heterocycles. The summed E-state index contributed by atoms with van der Waals surface area (Å²) in [6, 6.07) is 13.2. The molecule has 25 heavy (non-hydrogen) atoms. The largest absolute Gasteiger partial charge is 0.417 e. The molecule has 2 aromatic carbocycles. The van der Waals surface area contributed by atoms with Crippen LogP contribution in [0.15, 0.2) is 59.5 Å². The molecule has 0 heterocycles. The lowest BCUT2D eigenvalue weighted by Gasteiger charge is -2.27. The minimum Gasteiger partial charge on any atom is -0.371 e. The summed E-state index contributed by atoms with van der Waals surface area (Å²) in [5.74, 6) is 0. The number of benzene rings is 2. The van der Waals surface area contributed by atoms with Gasteiger partial charge < -0.3 is 4.90 Å². The van der Waals surface area contributed by atoms with Gasteiger partial charge in [0, 0.05) is 25.3 Å². The van der Waals surface area contributed by atoms with Crippen LogP contribution in [0.3, 0.4) is 0 Å². The van der Waals surface area contributed by atoms with E-state index in [4.69, 9.17) is 0 Å². The summed E-state index contributed by atoms with van der Waals surface area (Å²) in [4.78, 5) is 1.08. The lowest BCUT2D eigenvalue weighted by Crippen LogP contribution is -2.40. The second-order valence-corrected chi connectivity index (χ2v) is 7.38. The highest BCUT2D eigenvalue weighted by atomic mass is 32.2. The summed E-state index contributed by atoms with van der Waals surface area (Å²) in [5.41, 5.74) is -0.295. The minimum atomic E-state index is -4.74. The number of para-hydroxylation sites is 1. The zero-order valence-corrected chi connectivity index (χ0v) is 14.6.